The van der Waals surface area contributed by atoms with Crippen molar-refractivity contribution >= 4 is 5.91 Å². The molecule has 22 heavy (non-hydrogen) atoms. The van der Waals surface area contributed by atoms with Crippen LogP contribution in [-0.4, -0.2) is 38.2 Å². The normalized spacial score (nSPS) is 10.5. The Balaban J connectivity index is 2.20. The van der Waals surface area contributed by atoms with E-state index < -0.39 is 0 Å². The molecule has 0 aliphatic carbocycles. The number of aryl methyl sites for hydroxylation is 1. The van der Waals surface area contributed by atoms with E-state index in [0.29, 0.717) is 31.0 Å². The highest BCUT2D eigenvalue weighted by atomic mass is 16.5. The van der Waals surface area contributed by atoms with Crippen molar-refractivity contribution in [1.82, 2.24) is 4.90 Å². The van der Waals surface area contributed by atoms with E-state index in [1.165, 1.54) is 0 Å². The van der Waals surface area contributed by atoms with Gasteiger partial charge in [0.05, 0.1) is 26.5 Å². The summed E-state index contributed by atoms with van der Waals surface area (Å²) in [4.78, 5) is 14.4. The number of rotatable bonds is 7. The van der Waals surface area contributed by atoms with Gasteiger partial charge in [-0.05, 0) is 36.8 Å². The molecular formula is C17H21NO4. The molecule has 1 amide bonds. The van der Waals surface area contributed by atoms with E-state index in [-0.39, 0.29) is 5.91 Å². The van der Waals surface area contributed by atoms with Gasteiger partial charge in [0.25, 0.3) is 5.91 Å². The standard InChI is InChI=1S/C17H21NO4/c1-13-6-7-14(11-16(13)21-3)17(19)18(8-10-20-2)12-15-5-4-9-22-15/h4-7,9,11H,8,10,12H2,1-3H3. The minimum Gasteiger partial charge on any atom is -0.496 e. The summed E-state index contributed by atoms with van der Waals surface area (Å²) in [7, 11) is 3.21. The van der Waals surface area contributed by atoms with Gasteiger partial charge in [-0.1, -0.05) is 6.07 Å². The number of amides is 1. The number of methoxy groups -OCH3 is 2. The van der Waals surface area contributed by atoms with Crippen LogP contribution in [0.1, 0.15) is 21.7 Å². The number of hydrogen-bond donors (Lipinski definition) is 0. The summed E-state index contributed by atoms with van der Waals surface area (Å²) in [6.07, 6.45) is 1.60. The fourth-order valence-corrected chi connectivity index (χ4v) is 2.18. The van der Waals surface area contributed by atoms with E-state index in [0.717, 1.165) is 11.3 Å². The SMILES string of the molecule is COCCN(Cc1ccco1)C(=O)c1ccc(C)c(OC)c1. The first kappa shape index (κ1) is 16.1. The van der Waals surface area contributed by atoms with Crippen molar-refractivity contribution in [3.63, 3.8) is 0 Å². The Hall–Kier alpha value is -2.27. The minimum absolute atomic E-state index is 0.0771. The van der Waals surface area contributed by atoms with Crippen LogP contribution in [0, 0.1) is 6.92 Å². The molecule has 2 rings (SSSR count). The smallest absolute Gasteiger partial charge is 0.254 e. The maximum Gasteiger partial charge on any atom is 0.254 e. The molecule has 0 saturated carbocycles. The second kappa shape index (κ2) is 7.66. The van der Waals surface area contributed by atoms with Crippen molar-refractivity contribution in [3.8, 4) is 5.75 Å². The predicted octanol–water partition coefficient (Wildman–Crippen LogP) is 2.89. The Morgan fingerprint density at radius 3 is 2.73 bits per heavy atom. The lowest BCUT2D eigenvalue weighted by Gasteiger charge is -2.22. The lowest BCUT2D eigenvalue weighted by atomic mass is 10.1. The first-order valence-corrected chi connectivity index (χ1v) is 7.11. The van der Waals surface area contributed by atoms with Crippen molar-refractivity contribution in [3.05, 3.63) is 53.5 Å². The molecule has 0 spiro atoms. The number of furan rings is 1. The van der Waals surface area contributed by atoms with Crippen LogP contribution in [-0.2, 0) is 11.3 Å². The van der Waals surface area contributed by atoms with Crippen LogP contribution in [0.4, 0.5) is 0 Å². The van der Waals surface area contributed by atoms with E-state index in [1.54, 1.807) is 31.4 Å². The molecule has 1 aromatic carbocycles. The van der Waals surface area contributed by atoms with Crippen LogP contribution in [0.5, 0.6) is 5.75 Å². The number of carbonyl (C=O) groups excluding carboxylic acids is 1. The first-order valence-electron chi connectivity index (χ1n) is 7.11. The summed E-state index contributed by atoms with van der Waals surface area (Å²) in [5, 5.41) is 0. The van der Waals surface area contributed by atoms with Crippen molar-refractivity contribution in [2.45, 2.75) is 13.5 Å². The first-order chi connectivity index (χ1) is 10.7. The van der Waals surface area contributed by atoms with Gasteiger partial charge in [-0.15, -0.1) is 0 Å². The van der Waals surface area contributed by atoms with Crippen molar-refractivity contribution < 1.29 is 18.7 Å². The molecule has 0 atom stereocenters. The van der Waals surface area contributed by atoms with Crippen LogP contribution in [0.25, 0.3) is 0 Å². The highest BCUT2D eigenvalue weighted by Crippen LogP contribution is 2.20. The van der Waals surface area contributed by atoms with Gasteiger partial charge in [0, 0.05) is 19.2 Å². The molecule has 0 radical (unpaired) electrons. The van der Waals surface area contributed by atoms with Crippen LogP contribution >= 0.6 is 0 Å². The number of benzene rings is 1. The molecular weight excluding hydrogens is 282 g/mol. The predicted molar refractivity (Wildman–Crippen MR) is 83.1 cm³/mol. The van der Waals surface area contributed by atoms with Crippen molar-refractivity contribution in [2.75, 3.05) is 27.4 Å². The second-order valence-electron chi connectivity index (χ2n) is 4.98. The van der Waals surface area contributed by atoms with E-state index in [9.17, 15) is 4.79 Å². The molecule has 0 aliphatic heterocycles. The van der Waals surface area contributed by atoms with Gasteiger partial charge in [0.1, 0.15) is 11.5 Å². The van der Waals surface area contributed by atoms with E-state index in [2.05, 4.69) is 0 Å². The van der Waals surface area contributed by atoms with Gasteiger partial charge < -0.3 is 18.8 Å². The third-order valence-corrected chi connectivity index (χ3v) is 3.43. The summed E-state index contributed by atoms with van der Waals surface area (Å²) in [5.74, 6) is 1.37. The molecule has 1 heterocycles. The Labute approximate surface area is 130 Å². The Kier molecular flexibility index (Phi) is 5.61. The molecule has 0 bridgehead atoms. The molecule has 0 N–H and O–H groups in total. The highest BCUT2D eigenvalue weighted by molar-refractivity contribution is 5.94. The van der Waals surface area contributed by atoms with Crippen molar-refractivity contribution in [2.24, 2.45) is 0 Å². The Morgan fingerprint density at radius 2 is 2.09 bits per heavy atom. The van der Waals surface area contributed by atoms with Crippen LogP contribution in [0.15, 0.2) is 41.0 Å². The highest BCUT2D eigenvalue weighted by Gasteiger charge is 2.18. The molecule has 0 unspecified atom stereocenters. The summed E-state index contributed by atoms with van der Waals surface area (Å²) in [6.45, 7) is 3.31. The van der Waals surface area contributed by atoms with Gasteiger partial charge in [-0.25, -0.2) is 0 Å². The number of ether oxygens (including phenoxy) is 2. The Bertz CT molecular complexity index is 607. The fraction of sp³-hybridized carbons (Fsp3) is 0.353. The summed E-state index contributed by atoms with van der Waals surface area (Å²) in [5.41, 5.74) is 1.58. The minimum atomic E-state index is -0.0771. The molecule has 2 aromatic rings. The molecule has 1 aromatic heterocycles. The van der Waals surface area contributed by atoms with E-state index >= 15 is 0 Å². The number of hydrogen-bond acceptors (Lipinski definition) is 4. The monoisotopic (exact) mass is 303 g/mol. The third kappa shape index (κ3) is 3.89. The zero-order chi connectivity index (χ0) is 15.9. The zero-order valence-corrected chi connectivity index (χ0v) is 13.2. The quantitative estimate of drug-likeness (QED) is 0.789. The second-order valence-corrected chi connectivity index (χ2v) is 4.98. The molecule has 0 saturated heterocycles. The lowest BCUT2D eigenvalue weighted by molar-refractivity contribution is 0.0666. The molecule has 118 valence electrons. The van der Waals surface area contributed by atoms with Crippen LogP contribution in [0.3, 0.4) is 0 Å². The zero-order valence-electron chi connectivity index (χ0n) is 13.2. The molecule has 5 nitrogen and oxygen atoms in total. The maximum atomic E-state index is 12.7. The van der Waals surface area contributed by atoms with Gasteiger partial charge in [0.2, 0.25) is 0 Å². The van der Waals surface area contributed by atoms with Gasteiger partial charge in [-0.2, -0.15) is 0 Å². The van der Waals surface area contributed by atoms with Crippen LogP contribution < -0.4 is 4.74 Å². The van der Waals surface area contributed by atoms with Gasteiger partial charge in [0.15, 0.2) is 0 Å². The van der Waals surface area contributed by atoms with Crippen LogP contribution in [0.2, 0.25) is 0 Å². The Morgan fingerprint density at radius 1 is 1.27 bits per heavy atom. The van der Waals surface area contributed by atoms with Crippen molar-refractivity contribution in [1.29, 1.82) is 0 Å². The molecule has 0 fully saturated rings. The van der Waals surface area contributed by atoms with Gasteiger partial charge in [-0.3, -0.25) is 4.79 Å². The lowest BCUT2D eigenvalue weighted by Crippen LogP contribution is -2.33. The summed E-state index contributed by atoms with van der Waals surface area (Å²) < 4.78 is 15.7. The third-order valence-electron chi connectivity index (χ3n) is 3.43. The average molecular weight is 303 g/mol. The fourth-order valence-electron chi connectivity index (χ4n) is 2.18. The number of nitrogens with zero attached hydrogens (tertiary/aromatic N) is 1. The molecule has 5 heteroatoms. The topological polar surface area (TPSA) is 51.9 Å². The summed E-state index contributed by atoms with van der Waals surface area (Å²) in [6, 6.07) is 9.11. The summed E-state index contributed by atoms with van der Waals surface area (Å²) >= 11 is 0. The average Bonchev–Trinajstić information content (AvgIpc) is 3.04. The number of carbonyl (C=O) groups is 1. The van der Waals surface area contributed by atoms with Gasteiger partial charge >= 0.3 is 0 Å². The maximum absolute atomic E-state index is 12.7. The van der Waals surface area contributed by atoms with E-state index in [1.807, 2.05) is 31.2 Å². The largest absolute Gasteiger partial charge is 0.496 e. The van der Waals surface area contributed by atoms with E-state index in [4.69, 9.17) is 13.9 Å². The molecule has 0 aliphatic rings.